The van der Waals surface area contributed by atoms with Crippen LogP contribution in [0.1, 0.15) is 5.56 Å². The Morgan fingerprint density at radius 3 is 2.37 bits per heavy atom. The lowest BCUT2D eigenvalue weighted by Gasteiger charge is -2.34. The van der Waals surface area contributed by atoms with Crippen LogP contribution in [0.3, 0.4) is 0 Å². The van der Waals surface area contributed by atoms with E-state index in [-0.39, 0.29) is 11.4 Å². The Kier molecular flexibility index (Phi) is 4.64. The van der Waals surface area contributed by atoms with Gasteiger partial charge in [-0.05, 0) is 37.4 Å². The molecule has 27 heavy (non-hydrogen) atoms. The number of hydrogen-bond acceptors (Lipinski definition) is 5. The Morgan fingerprint density at radius 2 is 1.67 bits per heavy atom. The number of nitrogens with one attached hydrogen (secondary N) is 1. The van der Waals surface area contributed by atoms with Crippen molar-refractivity contribution in [3.05, 3.63) is 64.4 Å². The molecule has 1 aliphatic rings. The van der Waals surface area contributed by atoms with Gasteiger partial charge in [-0.3, -0.25) is 14.8 Å². The minimum Gasteiger partial charge on any atom is -0.494 e. The number of rotatable bonds is 3. The van der Waals surface area contributed by atoms with Crippen molar-refractivity contribution >= 4 is 28.4 Å². The average Bonchev–Trinajstić information content (AvgIpc) is 2.69. The van der Waals surface area contributed by atoms with E-state index < -0.39 is 0 Å². The maximum absolute atomic E-state index is 12.0. The number of fused-ring (bicyclic) bond motifs is 1. The normalized spacial score (nSPS) is 15.7. The van der Waals surface area contributed by atoms with Crippen LogP contribution in [0.25, 0.3) is 10.8 Å². The molecule has 0 spiro atoms. The average molecular weight is 362 g/mol. The summed E-state index contributed by atoms with van der Waals surface area (Å²) in [5, 5.41) is 11.4. The number of aromatic amines is 1. The van der Waals surface area contributed by atoms with E-state index in [4.69, 9.17) is 0 Å². The van der Waals surface area contributed by atoms with Crippen LogP contribution in [0, 0.1) is 0 Å². The predicted octanol–water partition coefficient (Wildman–Crippen LogP) is 2.74. The molecule has 3 aromatic rings. The van der Waals surface area contributed by atoms with Gasteiger partial charge in [-0.15, -0.1) is 0 Å². The first-order chi connectivity index (χ1) is 13.1. The van der Waals surface area contributed by atoms with Crippen molar-refractivity contribution in [1.29, 1.82) is 0 Å². The van der Waals surface area contributed by atoms with Crippen molar-refractivity contribution in [2.24, 2.45) is 4.99 Å². The molecular formula is C21H22N4O2. The molecule has 0 saturated carbocycles. The molecule has 138 valence electrons. The second-order valence-corrected chi connectivity index (χ2v) is 6.83. The Labute approximate surface area is 157 Å². The number of benzene rings is 2. The summed E-state index contributed by atoms with van der Waals surface area (Å²) in [6.45, 7) is 4.18. The third kappa shape index (κ3) is 3.57. The van der Waals surface area contributed by atoms with Gasteiger partial charge in [0, 0.05) is 48.9 Å². The van der Waals surface area contributed by atoms with Gasteiger partial charge in [0.05, 0.1) is 11.3 Å². The largest absolute Gasteiger partial charge is 0.494 e. The van der Waals surface area contributed by atoms with E-state index in [0.29, 0.717) is 16.3 Å². The number of hydrogen-bond donors (Lipinski definition) is 2. The highest BCUT2D eigenvalue weighted by molar-refractivity contribution is 6.01. The van der Waals surface area contributed by atoms with E-state index in [1.165, 1.54) is 5.69 Å². The van der Waals surface area contributed by atoms with Crippen LogP contribution in [0.15, 0.2) is 58.3 Å². The number of nitrogens with zero attached hydrogens (tertiary/aromatic N) is 3. The molecule has 0 bridgehead atoms. The quantitative estimate of drug-likeness (QED) is 0.703. The number of pyridine rings is 1. The highest BCUT2D eigenvalue weighted by Gasteiger charge is 2.14. The fourth-order valence-corrected chi connectivity index (χ4v) is 3.37. The standard InChI is InChI=1S/C21H22N4O2/c1-24-10-12-25(13-11-24)16-8-6-15(7-9-16)22-14-19-17-4-2-3-5-18(17)20(26)23-21(19)27/h2-9,14H,10-13H2,1H3,(H2,23,26,27). The Balaban J connectivity index is 1.59. The van der Waals surface area contributed by atoms with Crippen molar-refractivity contribution in [2.45, 2.75) is 0 Å². The van der Waals surface area contributed by atoms with Gasteiger partial charge in [0.2, 0.25) is 5.88 Å². The number of aliphatic imine (C=N–C) groups is 1. The monoisotopic (exact) mass is 362 g/mol. The van der Waals surface area contributed by atoms with Crippen LogP contribution in [0.4, 0.5) is 11.4 Å². The molecule has 6 heteroatoms. The minimum atomic E-state index is -0.309. The SMILES string of the molecule is CN1CCN(c2ccc(N=Cc3c(O)[nH]c(=O)c4ccccc34)cc2)CC1. The highest BCUT2D eigenvalue weighted by Crippen LogP contribution is 2.23. The Hall–Kier alpha value is -3.12. The summed E-state index contributed by atoms with van der Waals surface area (Å²) < 4.78 is 0. The summed E-state index contributed by atoms with van der Waals surface area (Å²) in [5.41, 5.74) is 2.19. The summed E-state index contributed by atoms with van der Waals surface area (Å²) in [5.74, 6) is -0.170. The van der Waals surface area contributed by atoms with Crippen LogP contribution >= 0.6 is 0 Å². The van der Waals surface area contributed by atoms with E-state index in [2.05, 4.69) is 39.0 Å². The number of anilines is 1. The summed E-state index contributed by atoms with van der Waals surface area (Å²) >= 11 is 0. The van der Waals surface area contributed by atoms with Crippen LogP contribution in [-0.2, 0) is 0 Å². The van der Waals surface area contributed by atoms with E-state index >= 15 is 0 Å². The molecular weight excluding hydrogens is 340 g/mol. The molecule has 6 nitrogen and oxygen atoms in total. The third-order valence-corrected chi connectivity index (χ3v) is 5.01. The summed E-state index contributed by atoms with van der Waals surface area (Å²) in [7, 11) is 2.14. The van der Waals surface area contributed by atoms with Gasteiger partial charge in [0.25, 0.3) is 5.56 Å². The van der Waals surface area contributed by atoms with Gasteiger partial charge < -0.3 is 14.9 Å². The van der Waals surface area contributed by atoms with Crippen LogP contribution in [0.2, 0.25) is 0 Å². The first-order valence-electron chi connectivity index (χ1n) is 9.03. The minimum absolute atomic E-state index is 0.170. The molecule has 0 unspecified atom stereocenters. The van der Waals surface area contributed by atoms with Crippen molar-refractivity contribution < 1.29 is 5.11 Å². The zero-order chi connectivity index (χ0) is 18.8. The van der Waals surface area contributed by atoms with E-state index in [1.807, 2.05) is 24.3 Å². The zero-order valence-corrected chi connectivity index (χ0v) is 15.2. The van der Waals surface area contributed by atoms with E-state index in [9.17, 15) is 9.90 Å². The number of aromatic hydroxyl groups is 1. The Bertz CT molecular complexity index is 1030. The first kappa shape index (κ1) is 17.3. The van der Waals surface area contributed by atoms with Crippen molar-refractivity contribution in [3.63, 3.8) is 0 Å². The van der Waals surface area contributed by atoms with E-state index in [0.717, 1.165) is 31.9 Å². The molecule has 2 aromatic carbocycles. The summed E-state index contributed by atoms with van der Waals surface area (Å²) in [6, 6.07) is 15.3. The predicted molar refractivity (Wildman–Crippen MR) is 110 cm³/mol. The lowest BCUT2D eigenvalue weighted by atomic mass is 10.1. The number of piperazine rings is 1. The number of likely N-dealkylation sites (N-methyl/N-ethyl adjacent to an activating group) is 1. The van der Waals surface area contributed by atoms with Gasteiger partial charge in [-0.1, -0.05) is 18.2 Å². The first-order valence-corrected chi connectivity index (χ1v) is 9.03. The second-order valence-electron chi connectivity index (χ2n) is 6.83. The van der Waals surface area contributed by atoms with Gasteiger partial charge in [-0.2, -0.15) is 0 Å². The Morgan fingerprint density at radius 1 is 1.00 bits per heavy atom. The fraction of sp³-hybridized carbons (Fsp3) is 0.238. The number of H-pyrrole nitrogens is 1. The summed E-state index contributed by atoms with van der Waals surface area (Å²) in [6.07, 6.45) is 1.60. The zero-order valence-electron chi connectivity index (χ0n) is 15.2. The molecule has 1 aromatic heterocycles. The van der Waals surface area contributed by atoms with Crippen molar-refractivity contribution in [1.82, 2.24) is 9.88 Å². The molecule has 1 fully saturated rings. The number of aromatic nitrogens is 1. The molecule has 2 heterocycles. The van der Waals surface area contributed by atoms with Crippen LogP contribution in [-0.4, -0.2) is 54.4 Å². The van der Waals surface area contributed by atoms with Gasteiger partial charge in [0.1, 0.15) is 0 Å². The topological polar surface area (TPSA) is 71.9 Å². The molecule has 0 amide bonds. The van der Waals surface area contributed by atoms with Crippen LogP contribution < -0.4 is 10.5 Å². The van der Waals surface area contributed by atoms with Crippen molar-refractivity contribution in [2.75, 3.05) is 38.1 Å². The van der Waals surface area contributed by atoms with Crippen LogP contribution in [0.5, 0.6) is 5.88 Å². The molecule has 1 saturated heterocycles. The third-order valence-electron chi connectivity index (χ3n) is 5.01. The lowest BCUT2D eigenvalue weighted by molar-refractivity contribution is 0.313. The molecule has 4 rings (SSSR count). The van der Waals surface area contributed by atoms with E-state index in [1.54, 1.807) is 18.3 Å². The molecule has 0 atom stereocenters. The summed E-state index contributed by atoms with van der Waals surface area (Å²) in [4.78, 5) is 23.6. The fourth-order valence-electron chi connectivity index (χ4n) is 3.37. The second kappa shape index (κ2) is 7.25. The van der Waals surface area contributed by atoms with Gasteiger partial charge in [0.15, 0.2) is 0 Å². The molecule has 0 aliphatic carbocycles. The van der Waals surface area contributed by atoms with Gasteiger partial charge in [-0.25, -0.2) is 0 Å². The molecule has 1 aliphatic heterocycles. The van der Waals surface area contributed by atoms with Gasteiger partial charge >= 0.3 is 0 Å². The van der Waals surface area contributed by atoms with Crippen molar-refractivity contribution in [3.8, 4) is 5.88 Å². The smallest absolute Gasteiger partial charge is 0.258 e. The maximum Gasteiger partial charge on any atom is 0.258 e. The molecule has 0 radical (unpaired) electrons. The lowest BCUT2D eigenvalue weighted by Crippen LogP contribution is -2.44. The maximum atomic E-state index is 12.0. The highest BCUT2D eigenvalue weighted by atomic mass is 16.3. The molecule has 2 N–H and O–H groups in total.